The van der Waals surface area contributed by atoms with Gasteiger partial charge in [-0.1, -0.05) is 62.3 Å². The average Bonchev–Trinajstić information content (AvgIpc) is 2.92. The summed E-state index contributed by atoms with van der Waals surface area (Å²) >= 11 is 6.93. The lowest BCUT2D eigenvalue weighted by atomic mass is 9.94. The maximum absolute atomic E-state index is 13.4. The van der Waals surface area contributed by atoms with E-state index in [0.29, 0.717) is 60.6 Å². The first-order valence-electron chi connectivity index (χ1n) is 12.3. The molecule has 2 aromatic rings. The van der Waals surface area contributed by atoms with E-state index < -0.39 is 11.7 Å². The Labute approximate surface area is 236 Å². The molecule has 0 saturated carbocycles. The van der Waals surface area contributed by atoms with Gasteiger partial charge >= 0.3 is 6.18 Å². The molecular weight excluding hydrogens is 543 g/mol. The van der Waals surface area contributed by atoms with Gasteiger partial charge in [-0.3, -0.25) is 9.59 Å². The van der Waals surface area contributed by atoms with Gasteiger partial charge in [0.25, 0.3) is 11.8 Å². The van der Waals surface area contributed by atoms with E-state index >= 15 is 0 Å². The molecule has 0 aliphatic carbocycles. The number of piperidine rings is 1. The van der Waals surface area contributed by atoms with Crippen molar-refractivity contribution in [1.29, 1.82) is 0 Å². The van der Waals surface area contributed by atoms with Gasteiger partial charge in [0.2, 0.25) is 0 Å². The normalized spacial score (nSPS) is 13.9. The molecular formula is C29H30F3N3O2S2. The molecule has 1 aliphatic rings. The Morgan fingerprint density at radius 3 is 2.33 bits per heavy atom. The molecule has 0 radical (unpaired) electrons. The van der Waals surface area contributed by atoms with Crippen LogP contribution < -0.4 is 10.6 Å². The van der Waals surface area contributed by atoms with Crippen LogP contribution >= 0.6 is 24.0 Å². The number of hydrogen-bond acceptors (Lipinski definition) is 4. The number of carbonyl (C=O) groups is 2. The van der Waals surface area contributed by atoms with Crippen LogP contribution in [0.2, 0.25) is 0 Å². The summed E-state index contributed by atoms with van der Waals surface area (Å²) in [7, 11) is 0. The number of thioether (sulfide) groups is 1. The lowest BCUT2D eigenvalue weighted by Gasteiger charge is -2.33. The Morgan fingerprint density at radius 1 is 1.08 bits per heavy atom. The first-order chi connectivity index (χ1) is 18.5. The largest absolute Gasteiger partial charge is 0.416 e. The number of carbonyl (C=O) groups excluding carboxylic acids is 2. The quantitative estimate of drug-likeness (QED) is 0.249. The highest BCUT2D eigenvalue weighted by molar-refractivity contribution is 8.05. The number of benzene rings is 2. The first-order valence-corrected chi connectivity index (χ1v) is 13.6. The van der Waals surface area contributed by atoms with Crippen molar-refractivity contribution in [3.05, 3.63) is 95.4 Å². The van der Waals surface area contributed by atoms with Crippen LogP contribution in [-0.2, 0) is 11.0 Å². The van der Waals surface area contributed by atoms with E-state index in [9.17, 15) is 22.8 Å². The van der Waals surface area contributed by atoms with Gasteiger partial charge < -0.3 is 15.5 Å². The summed E-state index contributed by atoms with van der Waals surface area (Å²) in [4.78, 5) is 28.8. The minimum absolute atomic E-state index is 0.0254. The Kier molecular flexibility index (Phi) is 10.5. The molecule has 206 valence electrons. The summed E-state index contributed by atoms with van der Waals surface area (Å²) in [5.74, 6) is -0.563. The first kappa shape index (κ1) is 30.2. The summed E-state index contributed by atoms with van der Waals surface area (Å²) in [5, 5.41) is 7.38. The van der Waals surface area contributed by atoms with Crippen molar-refractivity contribution in [2.24, 2.45) is 5.92 Å². The summed E-state index contributed by atoms with van der Waals surface area (Å²) in [6.07, 6.45) is -2.61. The van der Waals surface area contributed by atoms with E-state index in [0.717, 1.165) is 17.0 Å². The highest BCUT2D eigenvalue weighted by atomic mass is 32.2. The second-order valence-corrected chi connectivity index (χ2v) is 10.6. The zero-order valence-corrected chi connectivity index (χ0v) is 23.0. The van der Waals surface area contributed by atoms with Crippen LogP contribution in [0.25, 0.3) is 11.1 Å². The molecule has 1 fully saturated rings. The minimum Gasteiger partial charge on any atom is -0.350 e. The summed E-state index contributed by atoms with van der Waals surface area (Å²) in [5.41, 5.74) is 0.953. The van der Waals surface area contributed by atoms with Crippen LogP contribution in [0.5, 0.6) is 0 Å². The fraction of sp³-hybridized carbons (Fsp3) is 0.276. The van der Waals surface area contributed by atoms with Gasteiger partial charge in [-0.25, -0.2) is 0 Å². The Balaban J connectivity index is 1.55. The van der Waals surface area contributed by atoms with Crippen molar-refractivity contribution in [1.82, 2.24) is 15.5 Å². The number of hydrogen-bond donors (Lipinski definition) is 2. The molecule has 2 aromatic carbocycles. The van der Waals surface area contributed by atoms with E-state index in [4.69, 9.17) is 12.2 Å². The van der Waals surface area contributed by atoms with Gasteiger partial charge in [0.05, 0.1) is 16.2 Å². The number of nitrogens with zero attached hydrogens (tertiary/aromatic N) is 1. The molecule has 0 atom stereocenters. The standard InChI is InChI=1S/C29H30F3N3O2S2/c1-4-39-19(2)13-16-33-26(36)20(3)34-27(38)22-14-17-35(18-15-22)28(37)25-8-6-5-7-24(25)21-9-11-23(12-10-21)29(30,31)32/h4-12,22H,1-3,13-18H2,(H,33,36)(H,34,38). The zero-order valence-electron chi connectivity index (χ0n) is 21.4. The van der Waals surface area contributed by atoms with Crippen LogP contribution in [0.3, 0.4) is 0 Å². The van der Waals surface area contributed by atoms with Gasteiger partial charge in [0.1, 0.15) is 0 Å². The number of alkyl halides is 3. The lowest BCUT2D eigenvalue weighted by Crippen LogP contribution is -2.43. The molecule has 0 bridgehead atoms. The highest BCUT2D eigenvalue weighted by Gasteiger charge is 2.31. The highest BCUT2D eigenvalue weighted by Crippen LogP contribution is 2.32. The Bertz CT molecular complexity index is 1250. The van der Waals surface area contributed by atoms with Gasteiger partial charge in [-0.05, 0) is 58.9 Å². The third-order valence-electron chi connectivity index (χ3n) is 6.32. The van der Waals surface area contributed by atoms with Crippen molar-refractivity contribution in [3.8, 4) is 11.1 Å². The van der Waals surface area contributed by atoms with Gasteiger partial charge in [0, 0.05) is 31.1 Å². The summed E-state index contributed by atoms with van der Waals surface area (Å²) in [6.45, 7) is 12.6. The third-order valence-corrected chi connectivity index (χ3v) is 7.46. The van der Waals surface area contributed by atoms with Gasteiger partial charge in [0.15, 0.2) is 0 Å². The predicted molar refractivity (Wildman–Crippen MR) is 155 cm³/mol. The molecule has 1 heterocycles. The minimum atomic E-state index is -4.43. The van der Waals surface area contributed by atoms with Crippen LogP contribution in [0.15, 0.2) is 84.3 Å². The molecule has 3 rings (SSSR count). The maximum Gasteiger partial charge on any atom is 0.416 e. The third kappa shape index (κ3) is 8.31. The smallest absolute Gasteiger partial charge is 0.350 e. The molecule has 1 aliphatic heterocycles. The topological polar surface area (TPSA) is 61.4 Å². The van der Waals surface area contributed by atoms with E-state index in [1.165, 1.54) is 23.9 Å². The molecule has 1 saturated heterocycles. The van der Waals surface area contributed by atoms with Gasteiger partial charge in [-0.2, -0.15) is 13.2 Å². The second-order valence-electron chi connectivity index (χ2n) is 8.98. The molecule has 0 spiro atoms. The number of likely N-dealkylation sites (tertiary alicyclic amines) is 1. The average molecular weight is 574 g/mol. The number of rotatable bonds is 10. The zero-order chi connectivity index (χ0) is 28.6. The molecule has 2 amide bonds. The molecule has 39 heavy (non-hydrogen) atoms. The van der Waals surface area contributed by atoms with Crippen molar-refractivity contribution >= 4 is 40.8 Å². The Morgan fingerprint density at radius 2 is 1.72 bits per heavy atom. The van der Waals surface area contributed by atoms with Crippen molar-refractivity contribution in [2.45, 2.75) is 25.4 Å². The maximum atomic E-state index is 13.4. The fourth-order valence-corrected chi connectivity index (χ4v) is 5.00. The van der Waals surface area contributed by atoms with E-state index in [1.807, 2.05) is 0 Å². The molecule has 2 N–H and O–H groups in total. The molecule has 5 nitrogen and oxygen atoms in total. The fourth-order valence-electron chi connectivity index (χ4n) is 4.18. The SMILES string of the molecule is C=CSC(=C)CCNC(=O)C(=C)NC(=S)C1CCN(C(=O)c2ccccc2-c2ccc(C(F)(F)F)cc2)CC1. The summed E-state index contributed by atoms with van der Waals surface area (Å²) < 4.78 is 38.9. The van der Waals surface area contributed by atoms with Crippen LogP contribution in [0.1, 0.15) is 35.2 Å². The second kappa shape index (κ2) is 13.6. The molecule has 0 aromatic heterocycles. The number of amides is 2. The van der Waals surface area contributed by atoms with Crippen molar-refractivity contribution in [3.63, 3.8) is 0 Å². The van der Waals surface area contributed by atoms with Crippen molar-refractivity contribution < 1.29 is 22.8 Å². The number of thiocarbonyl (C=S) groups is 1. The van der Waals surface area contributed by atoms with Crippen LogP contribution in [0, 0.1) is 5.92 Å². The Hall–Kier alpha value is -3.37. The van der Waals surface area contributed by atoms with E-state index in [1.54, 1.807) is 34.6 Å². The van der Waals surface area contributed by atoms with E-state index in [-0.39, 0.29) is 23.4 Å². The monoisotopic (exact) mass is 573 g/mol. The summed E-state index contributed by atoms with van der Waals surface area (Å²) in [6, 6.07) is 11.7. The number of nitrogens with one attached hydrogen (secondary N) is 2. The van der Waals surface area contributed by atoms with E-state index in [2.05, 4.69) is 30.4 Å². The molecule has 0 unspecified atom stereocenters. The molecule has 10 heteroatoms. The van der Waals surface area contributed by atoms with Gasteiger partial charge in [-0.15, -0.1) is 11.8 Å². The van der Waals surface area contributed by atoms with Crippen molar-refractivity contribution in [2.75, 3.05) is 19.6 Å². The lowest BCUT2D eigenvalue weighted by molar-refractivity contribution is -0.137. The predicted octanol–water partition coefficient (Wildman–Crippen LogP) is 6.55. The van der Waals surface area contributed by atoms with Crippen LogP contribution in [-0.4, -0.2) is 41.3 Å². The number of halogens is 3. The van der Waals surface area contributed by atoms with Crippen LogP contribution in [0.4, 0.5) is 13.2 Å².